The Labute approximate surface area is 189 Å². The lowest BCUT2D eigenvalue weighted by Gasteiger charge is -2.39. The van der Waals surface area contributed by atoms with Crippen LogP contribution in [0.15, 0.2) is 35.5 Å². The summed E-state index contributed by atoms with van der Waals surface area (Å²) in [5, 5.41) is 2.69. The summed E-state index contributed by atoms with van der Waals surface area (Å²) >= 11 is 0. The number of amides is 3. The molecule has 1 fully saturated rings. The van der Waals surface area contributed by atoms with E-state index in [0.29, 0.717) is 37.4 Å². The van der Waals surface area contributed by atoms with Crippen LogP contribution in [0.1, 0.15) is 31.0 Å². The molecule has 1 aromatic carbocycles. The van der Waals surface area contributed by atoms with Gasteiger partial charge in [-0.1, -0.05) is 12.1 Å². The van der Waals surface area contributed by atoms with Gasteiger partial charge in [0.05, 0.1) is 23.8 Å². The predicted molar refractivity (Wildman–Crippen MR) is 113 cm³/mol. The minimum absolute atomic E-state index is 0.0161. The molecule has 0 bridgehead atoms. The minimum atomic E-state index is -4.50. The first-order valence-corrected chi connectivity index (χ1v) is 10.6. The van der Waals surface area contributed by atoms with E-state index in [9.17, 15) is 27.6 Å². The van der Waals surface area contributed by atoms with Gasteiger partial charge in [-0.25, -0.2) is 9.59 Å². The predicted octanol–water partition coefficient (Wildman–Crippen LogP) is 2.38. The molecule has 1 aromatic rings. The molecule has 0 saturated carbocycles. The van der Waals surface area contributed by atoms with Gasteiger partial charge in [-0.15, -0.1) is 0 Å². The van der Waals surface area contributed by atoms with Crippen molar-refractivity contribution in [1.82, 2.24) is 20.0 Å². The molecule has 0 spiro atoms. The highest BCUT2D eigenvalue weighted by Gasteiger charge is 2.38. The fourth-order valence-electron chi connectivity index (χ4n) is 3.95. The third kappa shape index (κ3) is 5.47. The summed E-state index contributed by atoms with van der Waals surface area (Å²) in [7, 11) is 1.53. The number of urea groups is 1. The normalized spacial score (nSPS) is 20.1. The lowest BCUT2D eigenvalue weighted by Crippen LogP contribution is -2.52. The highest BCUT2D eigenvalue weighted by molar-refractivity contribution is 5.95. The van der Waals surface area contributed by atoms with E-state index in [0.717, 1.165) is 12.1 Å². The molecule has 3 amide bonds. The molecule has 1 N–H and O–H groups in total. The van der Waals surface area contributed by atoms with E-state index in [-0.39, 0.29) is 24.6 Å². The number of nitrogens with one attached hydrogen (secondary N) is 1. The number of esters is 1. The quantitative estimate of drug-likeness (QED) is 0.672. The lowest BCUT2D eigenvalue weighted by atomic mass is 9.93. The molecule has 1 atom stereocenters. The van der Waals surface area contributed by atoms with Gasteiger partial charge in [-0.3, -0.25) is 14.6 Å². The second-order valence-corrected chi connectivity index (χ2v) is 7.92. The average molecular weight is 468 g/mol. The van der Waals surface area contributed by atoms with E-state index in [1.807, 2.05) is 4.90 Å². The third-order valence-electron chi connectivity index (χ3n) is 5.83. The zero-order chi connectivity index (χ0) is 24.3. The Hall–Kier alpha value is -3.08. The summed E-state index contributed by atoms with van der Waals surface area (Å²) in [6.07, 6.45) is -4.50. The molecule has 2 heterocycles. The molecule has 2 aliphatic rings. The van der Waals surface area contributed by atoms with Crippen LogP contribution in [0.2, 0.25) is 0 Å². The van der Waals surface area contributed by atoms with Crippen LogP contribution in [0.4, 0.5) is 18.0 Å². The van der Waals surface area contributed by atoms with Crippen LogP contribution < -0.4 is 5.32 Å². The maximum absolute atomic E-state index is 13.0. The number of halogens is 3. The smallest absolute Gasteiger partial charge is 0.416 e. The fourth-order valence-corrected chi connectivity index (χ4v) is 3.95. The zero-order valence-corrected chi connectivity index (χ0v) is 18.7. The van der Waals surface area contributed by atoms with Crippen LogP contribution in [0.3, 0.4) is 0 Å². The standard InChI is InChI=1S/C22H27F3N4O4/c1-4-33-20(31)18-17(13-28-9-11-29(12-10-28)14(2)30)27(3)21(32)26-19(18)15-5-7-16(8-6-15)22(23,24)25/h5-8,19H,4,9-13H2,1-3H3,(H,26,32)/t19-/m0/s1. The fraction of sp³-hybridized carbons (Fsp3) is 0.500. The highest BCUT2D eigenvalue weighted by atomic mass is 19.4. The van der Waals surface area contributed by atoms with E-state index >= 15 is 0 Å². The van der Waals surface area contributed by atoms with Gasteiger partial charge in [0.15, 0.2) is 0 Å². The number of benzene rings is 1. The molecule has 0 radical (unpaired) electrons. The van der Waals surface area contributed by atoms with Gasteiger partial charge in [0.1, 0.15) is 0 Å². The van der Waals surface area contributed by atoms with Crippen LogP contribution in [0.5, 0.6) is 0 Å². The zero-order valence-electron chi connectivity index (χ0n) is 18.7. The molecule has 8 nitrogen and oxygen atoms in total. The van der Waals surface area contributed by atoms with Gasteiger partial charge in [0, 0.05) is 52.4 Å². The van der Waals surface area contributed by atoms with E-state index in [2.05, 4.69) is 5.32 Å². The van der Waals surface area contributed by atoms with Crippen LogP contribution in [0.25, 0.3) is 0 Å². The Morgan fingerprint density at radius 2 is 1.73 bits per heavy atom. The number of carbonyl (C=O) groups excluding carboxylic acids is 3. The number of ether oxygens (including phenoxy) is 1. The van der Waals surface area contributed by atoms with Crippen LogP contribution in [0, 0.1) is 0 Å². The number of likely N-dealkylation sites (N-methyl/N-ethyl adjacent to an activating group) is 1. The van der Waals surface area contributed by atoms with Crippen LogP contribution in [-0.4, -0.2) is 79.0 Å². The molecule has 33 heavy (non-hydrogen) atoms. The molecular weight excluding hydrogens is 441 g/mol. The Morgan fingerprint density at radius 1 is 1.12 bits per heavy atom. The molecule has 0 aliphatic carbocycles. The molecule has 180 valence electrons. The molecule has 0 aromatic heterocycles. The first-order chi connectivity index (χ1) is 15.5. The number of hydrogen-bond acceptors (Lipinski definition) is 5. The van der Waals surface area contributed by atoms with Crippen LogP contribution in [-0.2, 0) is 20.5 Å². The van der Waals surface area contributed by atoms with Crippen molar-refractivity contribution < 1.29 is 32.3 Å². The monoisotopic (exact) mass is 468 g/mol. The Kier molecular flexibility index (Phi) is 7.31. The molecule has 0 unspecified atom stereocenters. The summed E-state index contributed by atoms with van der Waals surface area (Å²) in [5.41, 5.74) is 0.105. The maximum Gasteiger partial charge on any atom is 0.416 e. The van der Waals surface area contributed by atoms with Crippen molar-refractivity contribution in [2.75, 3.05) is 46.4 Å². The summed E-state index contributed by atoms with van der Waals surface area (Å²) in [5.74, 6) is -0.663. The Morgan fingerprint density at radius 3 is 2.24 bits per heavy atom. The van der Waals surface area contributed by atoms with E-state index in [4.69, 9.17) is 4.74 Å². The highest BCUT2D eigenvalue weighted by Crippen LogP contribution is 2.34. The van der Waals surface area contributed by atoms with Gasteiger partial charge in [-0.2, -0.15) is 13.2 Å². The average Bonchev–Trinajstić information content (AvgIpc) is 2.76. The van der Waals surface area contributed by atoms with Crippen molar-refractivity contribution in [3.63, 3.8) is 0 Å². The van der Waals surface area contributed by atoms with Gasteiger partial charge < -0.3 is 15.0 Å². The van der Waals surface area contributed by atoms with Crippen molar-refractivity contribution in [2.24, 2.45) is 0 Å². The Bertz CT molecular complexity index is 938. The summed E-state index contributed by atoms with van der Waals surface area (Å²) in [6, 6.07) is 2.91. The molecular formula is C22H27F3N4O4. The molecule has 1 saturated heterocycles. The summed E-state index contributed by atoms with van der Waals surface area (Å²) in [4.78, 5) is 42.3. The second kappa shape index (κ2) is 9.82. The number of rotatable bonds is 5. The Balaban J connectivity index is 1.97. The third-order valence-corrected chi connectivity index (χ3v) is 5.83. The molecule has 11 heteroatoms. The minimum Gasteiger partial charge on any atom is -0.463 e. The first kappa shape index (κ1) is 24.6. The van der Waals surface area contributed by atoms with Crippen LogP contribution >= 0.6 is 0 Å². The number of hydrogen-bond donors (Lipinski definition) is 1. The number of alkyl halides is 3. The van der Waals surface area contributed by atoms with Crippen molar-refractivity contribution in [2.45, 2.75) is 26.1 Å². The largest absolute Gasteiger partial charge is 0.463 e. The lowest BCUT2D eigenvalue weighted by molar-refractivity contribution is -0.139. The van der Waals surface area contributed by atoms with E-state index in [1.165, 1.54) is 31.0 Å². The van der Waals surface area contributed by atoms with Gasteiger partial charge in [0.25, 0.3) is 0 Å². The van der Waals surface area contributed by atoms with Gasteiger partial charge in [0.2, 0.25) is 5.91 Å². The number of piperazine rings is 1. The van der Waals surface area contributed by atoms with Crippen molar-refractivity contribution in [3.05, 3.63) is 46.7 Å². The van der Waals surface area contributed by atoms with Gasteiger partial charge in [-0.05, 0) is 24.6 Å². The SMILES string of the molecule is CCOC(=O)C1=C(CN2CCN(C(C)=O)CC2)N(C)C(=O)N[C@H]1c1ccc(C(F)(F)F)cc1. The van der Waals surface area contributed by atoms with Crippen molar-refractivity contribution >= 4 is 17.9 Å². The number of carbonyl (C=O) groups is 3. The second-order valence-electron chi connectivity index (χ2n) is 7.92. The van der Waals surface area contributed by atoms with Gasteiger partial charge >= 0.3 is 18.2 Å². The van der Waals surface area contributed by atoms with E-state index in [1.54, 1.807) is 11.8 Å². The topological polar surface area (TPSA) is 82.2 Å². The summed E-state index contributed by atoms with van der Waals surface area (Å²) < 4.78 is 44.2. The van der Waals surface area contributed by atoms with Crippen molar-refractivity contribution in [1.29, 1.82) is 0 Å². The molecule has 2 aliphatic heterocycles. The summed E-state index contributed by atoms with van der Waals surface area (Å²) in [6.45, 7) is 5.66. The first-order valence-electron chi connectivity index (χ1n) is 10.6. The molecule has 3 rings (SSSR count). The maximum atomic E-state index is 13.0. The van der Waals surface area contributed by atoms with E-state index < -0.39 is 29.8 Å². The number of nitrogens with zero attached hydrogens (tertiary/aromatic N) is 3. The van der Waals surface area contributed by atoms with Crippen molar-refractivity contribution in [3.8, 4) is 0 Å².